The average Bonchev–Trinajstić information content (AvgIpc) is 2.66. The lowest BCUT2D eigenvalue weighted by molar-refractivity contribution is -0.142. The summed E-state index contributed by atoms with van der Waals surface area (Å²) in [6, 6.07) is 7.45. The molecule has 0 aliphatic heterocycles. The van der Waals surface area contributed by atoms with E-state index in [-0.39, 0.29) is 18.4 Å². The Labute approximate surface area is 112 Å². The second-order valence-corrected chi connectivity index (χ2v) is 4.12. The summed E-state index contributed by atoms with van der Waals surface area (Å²) in [6.45, 7) is 0. The maximum atomic E-state index is 11.3. The number of halogens is 1. The first-order valence-electron chi connectivity index (χ1n) is 5.50. The minimum absolute atomic E-state index is 0. The molecule has 1 atom stereocenters. The number of aromatic nitrogens is 1. The van der Waals surface area contributed by atoms with Crippen molar-refractivity contribution in [3.05, 3.63) is 36.0 Å². The highest BCUT2D eigenvalue weighted by Gasteiger charge is 2.16. The lowest BCUT2D eigenvalue weighted by Gasteiger charge is -2.07. The molecule has 1 aromatic heterocycles. The monoisotopic (exact) mass is 268 g/mol. The molecule has 98 valence electrons. The van der Waals surface area contributed by atoms with Crippen LogP contribution in [0.2, 0.25) is 0 Å². The molecule has 0 saturated heterocycles. The third-order valence-corrected chi connectivity index (χ3v) is 2.92. The van der Waals surface area contributed by atoms with E-state index < -0.39 is 6.04 Å². The van der Waals surface area contributed by atoms with Crippen LogP contribution in [-0.2, 0) is 23.0 Å². The maximum Gasteiger partial charge on any atom is 0.322 e. The highest BCUT2D eigenvalue weighted by molar-refractivity contribution is 5.85. The summed E-state index contributed by atoms with van der Waals surface area (Å²) in [6.07, 6.45) is 2.50. The number of fused-ring (bicyclic) bond motifs is 1. The molecule has 4 nitrogen and oxygen atoms in total. The molecule has 0 spiro atoms. The van der Waals surface area contributed by atoms with Gasteiger partial charge < -0.3 is 15.0 Å². The van der Waals surface area contributed by atoms with E-state index in [4.69, 9.17) is 5.73 Å². The van der Waals surface area contributed by atoms with Gasteiger partial charge >= 0.3 is 5.97 Å². The van der Waals surface area contributed by atoms with Crippen LogP contribution in [0, 0.1) is 0 Å². The summed E-state index contributed by atoms with van der Waals surface area (Å²) in [7, 11) is 3.33. The van der Waals surface area contributed by atoms with Gasteiger partial charge in [-0.15, -0.1) is 12.4 Å². The van der Waals surface area contributed by atoms with E-state index >= 15 is 0 Å². The Hall–Kier alpha value is -1.52. The number of nitrogens with zero attached hydrogens (tertiary/aromatic N) is 1. The number of esters is 1. The van der Waals surface area contributed by atoms with E-state index in [9.17, 15) is 4.79 Å². The summed E-state index contributed by atoms with van der Waals surface area (Å²) < 4.78 is 6.67. The molecule has 1 aromatic carbocycles. The molecule has 0 aliphatic rings. The summed E-state index contributed by atoms with van der Waals surface area (Å²) in [5, 5.41) is 1.13. The predicted molar refractivity (Wildman–Crippen MR) is 73.9 cm³/mol. The van der Waals surface area contributed by atoms with E-state index in [2.05, 4.69) is 4.74 Å². The van der Waals surface area contributed by atoms with E-state index in [1.165, 1.54) is 7.11 Å². The number of methoxy groups -OCH3 is 1. The number of para-hydroxylation sites is 1. The molecule has 18 heavy (non-hydrogen) atoms. The number of benzene rings is 1. The van der Waals surface area contributed by atoms with Crippen LogP contribution in [0.1, 0.15) is 5.56 Å². The van der Waals surface area contributed by atoms with Crippen LogP contribution in [0.4, 0.5) is 0 Å². The summed E-state index contributed by atoms with van der Waals surface area (Å²) in [5.41, 5.74) is 7.99. The van der Waals surface area contributed by atoms with Crippen molar-refractivity contribution in [1.29, 1.82) is 0 Å². The van der Waals surface area contributed by atoms with E-state index in [1.807, 2.05) is 42.1 Å². The van der Waals surface area contributed by atoms with Crippen molar-refractivity contribution in [1.82, 2.24) is 4.57 Å². The topological polar surface area (TPSA) is 57.2 Å². The number of nitrogens with two attached hydrogens (primary N) is 1. The third-order valence-electron chi connectivity index (χ3n) is 2.92. The van der Waals surface area contributed by atoms with Gasteiger partial charge in [-0.05, 0) is 11.6 Å². The summed E-state index contributed by atoms with van der Waals surface area (Å²) in [5.74, 6) is -0.377. The molecule has 0 amide bonds. The number of carbonyl (C=O) groups excluding carboxylic acids is 1. The first kappa shape index (κ1) is 14.5. The smallest absolute Gasteiger partial charge is 0.322 e. The molecule has 2 N–H and O–H groups in total. The molecule has 2 aromatic rings. The molecule has 0 bridgehead atoms. The van der Waals surface area contributed by atoms with Crippen molar-refractivity contribution in [3.8, 4) is 0 Å². The molecule has 1 unspecified atom stereocenters. The Morgan fingerprint density at radius 3 is 2.78 bits per heavy atom. The minimum atomic E-state index is -0.606. The highest BCUT2D eigenvalue weighted by Crippen LogP contribution is 2.21. The highest BCUT2D eigenvalue weighted by atomic mass is 35.5. The van der Waals surface area contributed by atoms with Crippen molar-refractivity contribution in [2.24, 2.45) is 12.8 Å². The van der Waals surface area contributed by atoms with E-state index in [0.717, 1.165) is 16.5 Å². The molecule has 0 saturated carbocycles. The molecule has 1 heterocycles. The second kappa shape index (κ2) is 5.89. The van der Waals surface area contributed by atoms with Crippen LogP contribution in [0.5, 0.6) is 0 Å². The lowest BCUT2D eigenvalue weighted by Crippen LogP contribution is -2.33. The van der Waals surface area contributed by atoms with E-state index in [1.54, 1.807) is 0 Å². The van der Waals surface area contributed by atoms with Gasteiger partial charge in [-0.3, -0.25) is 4.79 Å². The maximum absolute atomic E-state index is 11.3. The quantitative estimate of drug-likeness (QED) is 0.861. The van der Waals surface area contributed by atoms with Gasteiger partial charge in [0.1, 0.15) is 6.04 Å². The molecule has 0 radical (unpaired) electrons. The van der Waals surface area contributed by atoms with Gasteiger partial charge in [-0.2, -0.15) is 0 Å². The normalized spacial score (nSPS) is 11.9. The Kier molecular flexibility index (Phi) is 4.76. The fraction of sp³-hybridized carbons (Fsp3) is 0.308. The van der Waals surface area contributed by atoms with Gasteiger partial charge in [0.2, 0.25) is 0 Å². The minimum Gasteiger partial charge on any atom is -0.468 e. The number of hydrogen-bond donors (Lipinski definition) is 1. The number of hydrogen-bond acceptors (Lipinski definition) is 3. The molecular weight excluding hydrogens is 252 g/mol. The average molecular weight is 269 g/mol. The lowest BCUT2D eigenvalue weighted by atomic mass is 10.1. The van der Waals surface area contributed by atoms with Gasteiger partial charge in [0.25, 0.3) is 0 Å². The number of ether oxygens (including phenoxy) is 1. The van der Waals surface area contributed by atoms with Crippen molar-refractivity contribution < 1.29 is 9.53 Å². The zero-order chi connectivity index (χ0) is 12.4. The Balaban J connectivity index is 0.00000162. The Bertz CT molecular complexity index is 551. The SMILES string of the molecule is COC(=O)C(N)Cc1cn(C)c2ccccc12.Cl. The standard InChI is InChI=1S/C13H16N2O2.ClH/c1-15-8-9(7-11(14)13(16)17-2)10-5-3-4-6-12(10)15;/h3-6,8,11H,7,14H2,1-2H3;1H. The largest absolute Gasteiger partial charge is 0.468 e. The molecule has 5 heteroatoms. The van der Waals surface area contributed by atoms with Crippen LogP contribution < -0.4 is 5.73 Å². The van der Waals surface area contributed by atoms with Crippen LogP contribution in [0.25, 0.3) is 10.9 Å². The Morgan fingerprint density at radius 2 is 2.11 bits per heavy atom. The van der Waals surface area contributed by atoms with Crippen LogP contribution in [0.3, 0.4) is 0 Å². The first-order valence-corrected chi connectivity index (χ1v) is 5.50. The summed E-state index contributed by atoms with van der Waals surface area (Å²) in [4.78, 5) is 11.3. The fourth-order valence-corrected chi connectivity index (χ4v) is 2.06. The van der Waals surface area contributed by atoms with Crippen molar-refractivity contribution in [3.63, 3.8) is 0 Å². The number of rotatable bonds is 3. The first-order chi connectivity index (χ1) is 8.13. The van der Waals surface area contributed by atoms with Crippen molar-refractivity contribution in [2.45, 2.75) is 12.5 Å². The van der Waals surface area contributed by atoms with Gasteiger partial charge in [0, 0.05) is 30.6 Å². The van der Waals surface area contributed by atoms with Gasteiger partial charge in [-0.25, -0.2) is 0 Å². The van der Waals surface area contributed by atoms with Crippen LogP contribution >= 0.6 is 12.4 Å². The predicted octanol–water partition coefficient (Wildman–Crippen LogP) is 1.64. The zero-order valence-corrected chi connectivity index (χ0v) is 11.2. The fourth-order valence-electron chi connectivity index (χ4n) is 2.06. The van der Waals surface area contributed by atoms with Gasteiger partial charge in [0.15, 0.2) is 0 Å². The molecule has 2 rings (SSSR count). The summed E-state index contributed by atoms with van der Waals surface area (Å²) >= 11 is 0. The third kappa shape index (κ3) is 2.66. The molecular formula is C13H17ClN2O2. The number of carbonyl (C=O) groups is 1. The zero-order valence-electron chi connectivity index (χ0n) is 10.4. The van der Waals surface area contributed by atoms with Crippen LogP contribution in [-0.4, -0.2) is 23.7 Å². The van der Waals surface area contributed by atoms with Gasteiger partial charge in [-0.1, -0.05) is 18.2 Å². The second-order valence-electron chi connectivity index (χ2n) is 4.12. The number of aryl methyl sites for hydroxylation is 1. The molecule has 0 aliphatic carbocycles. The Morgan fingerprint density at radius 1 is 1.44 bits per heavy atom. The van der Waals surface area contributed by atoms with Crippen LogP contribution in [0.15, 0.2) is 30.5 Å². The molecule has 0 fully saturated rings. The van der Waals surface area contributed by atoms with Crippen molar-refractivity contribution >= 4 is 29.3 Å². The van der Waals surface area contributed by atoms with E-state index in [0.29, 0.717) is 6.42 Å². The van der Waals surface area contributed by atoms with Crippen molar-refractivity contribution in [2.75, 3.05) is 7.11 Å². The van der Waals surface area contributed by atoms with Gasteiger partial charge in [0.05, 0.1) is 7.11 Å².